The van der Waals surface area contributed by atoms with Gasteiger partial charge in [0, 0.05) is 12.1 Å². The van der Waals surface area contributed by atoms with Crippen LogP contribution in [0.25, 0.3) is 0 Å². The van der Waals surface area contributed by atoms with Crippen molar-refractivity contribution in [3.05, 3.63) is 33.9 Å². The van der Waals surface area contributed by atoms with E-state index in [4.69, 9.17) is 11.3 Å². The minimum absolute atomic E-state index is 0.00162. The van der Waals surface area contributed by atoms with Gasteiger partial charge in [0.2, 0.25) is 0 Å². The van der Waals surface area contributed by atoms with Crippen LogP contribution in [0.4, 0.5) is 11.4 Å². The summed E-state index contributed by atoms with van der Waals surface area (Å²) in [5.41, 5.74) is 1.30. The number of rotatable bonds is 5. The van der Waals surface area contributed by atoms with Crippen LogP contribution in [0.3, 0.4) is 0 Å². The molecule has 0 unspecified atom stereocenters. The molecule has 0 bridgehead atoms. The second kappa shape index (κ2) is 5.22. The van der Waals surface area contributed by atoms with Crippen LogP contribution < -0.4 is 10.9 Å². The number of hydrogen-bond acceptors (Lipinski definition) is 4. The summed E-state index contributed by atoms with van der Waals surface area (Å²) in [6, 6.07) is 4.64. The molecule has 0 amide bonds. The molecule has 6 heteroatoms. The topological polar surface area (TPSA) is 96.2 Å². The summed E-state index contributed by atoms with van der Waals surface area (Å²) in [6.07, 6.45) is 2.56. The van der Waals surface area contributed by atoms with E-state index in [9.17, 15) is 10.1 Å². The zero-order chi connectivity index (χ0) is 12.1. The predicted molar refractivity (Wildman–Crippen MR) is 62.5 cm³/mol. The fourth-order valence-electron chi connectivity index (χ4n) is 1.42. The minimum Gasteiger partial charge on any atom is -0.290 e. The molecule has 0 aliphatic rings. The van der Waals surface area contributed by atoms with Crippen LogP contribution in [-0.4, -0.2) is 11.3 Å². The van der Waals surface area contributed by atoms with Crippen molar-refractivity contribution in [1.29, 1.82) is 5.41 Å². The monoisotopic (exact) mass is 222 g/mol. The number of aryl methyl sites for hydroxylation is 1. The summed E-state index contributed by atoms with van der Waals surface area (Å²) < 4.78 is 0. The van der Waals surface area contributed by atoms with Gasteiger partial charge >= 0.3 is 0 Å². The third-order valence-electron chi connectivity index (χ3n) is 2.15. The highest BCUT2D eigenvalue weighted by Crippen LogP contribution is 2.23. The SMILES string of the molecule is CCCc1cc(N(N)C=N)cc([N+](=O)[O-])c1. The second-order valence-electron chi connectivity index (χ2n) is 3.40. The van der Waals surface area contributed by atoms with E-state index >= 15 is 0 Å². The molecule has 0 spiro atoms. The fraction of sp³-hybridized carbons (Fsp3) is 0.300. The van der Waals surface area contributed by atoms with Crippen molar-refractivity contribution >= 4 is 17.7 Å². The molecule has 16 heavy (non-hydrogen) atoms. The second-order valence-corrected chi connectivity index (χ2v) is 3.40. The van der Waals surface area contributed by atoms with E-state index in [1.165, 1.54) is 12.1 Å². The number of nitrogens with one attached hydrogen (secondary N) is 1. The summed E-state index contributed by atoms with van der Waals surface area (Å²) in [6.45, 7) is 2.00. The van der Waals surface area contributed by atoms with Gasteiger partial charge in [-0.3, -0.25) is 20.5 Å². The third-order valence-corrected chi connectivity index (χ3v) is 2.15. The molecule has 86 valence electrons. The highest BCUT2D eigenvalue weighted by atomic mass is 16.6. The van der Waals surface area contributed by atoms with Crippen LogP contribution in [-0.2, 0) is 6.42 Å². The standard InChI is InChI=1S/C10H14N4O2/c1-2-3-8-4-9(13(12)7-11)6-10(5-8)14(15)16/h4-7,11H,2-3,12H2,1H3. The van der Waals surface area contributed by atoms with E-state index in [1.54, 1.807) is 6.07 Å². The van der Waals surface area contributed by atoms with E-state index in [1.807, 2.05) is 6.92 Å². The molecule has 0 atom stereocenters. The van der Waals surface area contributed by atoms with Crippen LogP contribution >= 0.6 is 0 Å². The largest absolute Gasteiger partial charge is 0.290 e. The maximum atomic E-state index is 10.7. The Morgan fingerprint density at radius 2 is 2.25 bits per heavy atom. The Hall–Kier alpha value is -1.95. The van der Waals surface area contributed by atoms with E-state index in [0.29, 0.717) is 5.69 Å². The molecule has 3 N–H and O–H groups in total. The Labute approximate surface area is 93.3 Å². The molecule has 0 radical (unpaired) electrons. The number of hydrazine groups is 1. The van der Waals surface area contributed by atoms with Crippen molar-refractivity contribution in [2.24, 2.45) is 5.84 Å². The van der Waals surface area contributed by atoms with E-state index in [2.05, 4.69) is 0 Å². The van der Waals surface area contributed by atoms with Crippen molar-refractivity contribution in [2.75, 3.05) is 5.01 Å². The molecule has 1 aromatic carbocycles. The summed E-state index contributed by atoms with van der Waals surface area (Å²) in [5, 5.41) is 18.8. The Bertz CT molecular complexity index is 406. The summed E-state index contributed by atoms with van der Waals surface area (Å²) in [7, 11) is 0. The van der Waals surface area contributed by atoms with Gasteiger partial charge in [-0.15, -0.1) is 0 Å². The molecule has 0 fully saturated rings. The van der Waals surface area contributed by atoms with Crippen LogP contribution in [0, 0.1) is 15.5 Å². The lowest BCUT2D eigenvalue weighted by Gasteiger charge is -2.12. The van der Waals surface area contributed by atoms with Gasteiger partial charge < -0.3 is 0 Å². The first-order valence-electron chi connectivity index (χ1n) is 4.91. The van der Waals surface area contributed by atoms with Crippen molar-refractivity contribution in [3.63, 3.8) is 0 Å². The van der Waals surface area contributed by atoms with E-state index in [0.717, 1.165) is 29.8 Å². The van der Waals surface area contributed by atoms with Gasteiger partial charge in [-0.1, -0.05) is 13.3 Å². The average molecular weight is 222 g/mol. The van der Waals surface area contributed by atoms with Gasteiger partial charge in [-0.2, -0.15) is 0 Å². The van der Waals surface area contributed by atoms with Crippen molar-refractivity contribution in [3.8, 4) is 0 Å². The van der Waals surface area contributed by atoms with Gasteiger partial charge in [-0.25, -0.2) is 5.84 Å². The Balaban J connectivity index is 3.17. The van der Waals surface area contributed by atoms with Gasteiger partial charge in [0.1, 0.15) is 6.34 Å². The van der Waals surface area contributed by atoms with Gasteiger partial charge in [0.15, 0.2) is 0 Å². The first-order chi connectivity index (χ1) is 7.58. The quantitative estimate of drug-likeness (QED) is 0.261. The number of benzene rings is 1. The molecule has 6 nitrogen and oxygen atoms in total. The van der Waals surface area contributed by atoms with Gasteiger partial charge in [0.05, 0.1) is 10.6 Å². The fourth-order valence-corrected chi connectivity index (χ4v) is 1.42. The molecule has 0 heterocycles. The molecular formula is C10H14N4O2. The van der Waals surface area contributed by atoms with E-state index < -0.39 is 4.92 Å². The molecule has 0 aliphatic heterocycles. The van der Waals surface area contributed by atoms with Crippen LogP contribution in [0.15, 0.2) is 18.2 Å². The number of hydrogen-bond donors (Lipinski definition) is 2. The first-order valence-corrected chi connectivity index (χ1v) is 4.91. The number of nitrogens with zero attached hydrogens (tertiary/aromatic N) is 2. The zero-order valence-electron chi connectivity index (χ0n) is 9.01. The number of nitrogens with two attached hydrogens (primary N) is 1. The zero-order valence-corrected chi connectivity index (χ0v) is 9.01. The van der Waals surface area contributed by atoms with E-state index in [-0.39, 0.29) is 5.69 Å². The molecule has 0 saturated heterocycles. The third kappa shape index (κ3) is 2.77. The summed E-state index contributed by atoms with van der Waals surface area (Å²) >= 11 is 0. The van der Waals surface area contributed by atoms with Crippen molar-refractivity contribution in [2.45, 2.75) is 19.8 Å². The molecule has 0 aliphatic carbocycles. The number of nitro groups is 1. The van der Waals surface area contributed by atoms with Gasteiger partial charge in [-0.05, 0) is 18.1 Å². The lowest BCUT2D eigenvalue weighted by molar-refractivity contribution is -0.384. The summed E-state index contributed by atoms with van der Waals surface area (Å²) in [5.74, 6) is 5.50. The van der Waals surface area contributed by atoms with Gasteiger partial charge in [0.25, 0.3) is 5.69 Å². The van der Waals surface area contributed by atoms with Crippen molar-refractivity contribution in [1.82, 2.24) is 0 Å². The maximum Gasteiger partial charge on any atom is 0.271 e. The van der Waals surface area contributed by atoms with Crippen LogP contribution in [0.1, 0.15) is 18.9 Å². The Morgan fingerprint density at radius 3 is 2.75 bits per heavy atom. The molecular weight excluding hydrogens is 208 g/mol. The Morgan fingerprint density at radius 1 is 1.56 bits per heavy atom. The van der Waals surface area contributed by atoms with Crippen molar-refractivity contribution < 1.29 is 4.92 Å². The number of non-ortho nitro benzene ring substituents is 1. The average Bonchev–Trinajstić information content (AvgIpc) is 2.28. The maximum absolute atomic E-state index is 10.7. The lowest BCUT2D eigenvalue weighted by Crippen LogP contribution is -2.28. The lowest BCUT2D eigenvalue weighted by atomic mass is 10.1. The molecule has 0 saturated carbocycles. The number of nitro benzene ring substituents is 1. The van der Waals surface area contributed by atoms with Crippen LogP contribution in [0.5, 0.6) is 0 Å². The van der Waals surface area contributed by atoms with Crippen LogP contribution in [0.2, 0.25) is 0 Å². The molecule has 1 aromatic rings. The minimum atomic E-state index is -0.458. The Kier molecular flexibility index (Phi) is 3.96. The first kappa shape index (κ1) is 12.1. The highest BCUT2D eigenvalue weighted by Gasteiger charge is 2.11. The summed E-state index contributed by atoms with van der Waals surface area (Å²) in [4.78, 5) is 10.3. The molecule has 1 rings (SSSR count). The molecule has 0 aromatic heterocycles. The smallest absolute Gasteiger partial charge is 0.271 e. The highest BCUT2D eigenvalue weighted by molar-refractivity contribution is 5.76. The predicted octanol–water partition coefficient (Wildman–Crippen LogP) is 1.83. The number of anilines is 1. The normalized spacial score (nSPS) is 9.88.